The van der Waals surface area contributed by atoms with Gasteiger partial charge in [0.05, 0.1) is 0 Å². The fourth-order valence-corrected chi connectivity index (χ4v) is 1.78. The van der Waals surface area contributed by atoms with Crippen molar-refractivity contribution in [3.8, 4) is 0 Å². The zero-order valence-electron chi connectivity index (χ0n) is 8.10. The van der Waals surface area contributed by atoms with Crippen molar-refractivity contribution in [2.75, 3.05) is 6.54 Å². The van der Waals surface area contributed by atoms with E-state index in [1.807, 2.05) is 36.3 Å². The third kappa shape index (κ3) is 1.11. The highest BCUT2D eigenvalue weighted by atomic mass is 16.2. The predicted molar refractivity (Wildman–Crippen MR) is 54.6 cm³/mol. The van der Waals surface area contributed by atoms with Gasteiger partial charge in [0.25, 0.3) is 5.91 Å². The summed E-state index contributed by atoms with van der Waals surface area (Å²) >= 11 is 0. The number of amidine groups is 1. The van der Waals surface area contributed by atoms with Crippen molar-refractivity contribution in [3.63, 3.8) is 0 Å². The van der Waals surface area contributed by atoms with Crippen LogP contribution in [0.4, 0.5) is 0 Å². The molecule has 4 heteroatoms. The number of hydrogen-bond donors (Lipinski definition) is 1. The maximum Gasteiger partial charge on any atom is 0.273 e. The smallest absolute Gasteiger partial charge is 0.273 e. The second kappa shape index (κ2) is 3.06. The zero-order chi connectivity index (χ0) is 10.2. The summed E-state index contributed by atoms with van der Waals surface area (Å²) in [6.45, 7) is 2.36. The van der Waals surface area contributed by atoms with E-state index in [4.69, 9.17) is 5.73 Å². The van der Waals surface area contributed by atoms with Crippen LogP contribution in [0.5, 0.6) is 0 Å². The average molecular weight is 191 g/mol. The molecule has 2 aliphatic heterocycles. The van der Waals surface area contributed by atoms with Gasteiger partial charge in [-0.15, -0.1) is 0 Å². The third-order valence-corrected chi connectivity index (χ3v) is 2.68. The summed E-state index contributed by atoms with van der Waals surface area (Å²) in [5.41, 5.74) is 4.93. The maximum absolute atomic E-state index is 11.7. The Bertz CT molecular complexity index is 356. The minimum absolute atomic E-state index is 0.103. The molecule has 0 aromatic carbocycles. The molecule has 2 rings (SSSR count). The molecule has 2 N–H and O–H groups in total. The van der Waals surface area contributed by atoms with Crippen LogP contribution in [-0.2, 0) is 4.79 Å². The predicted octanol–water partition coefficient (Wildman–Crippen LogP) is 0.418. The fourth-order valence-electron chi connectivity index (χ4n) is 1.78. The first-order valence-corrected chi connectivity index (χ1v) is 4.66. The molecule has 74 valence electrons. The molecule has 0 aromatic rings. The van der Waals surface area contributed by atoms with E-state index < -0.39 is 5.54 Å². The quantitative estimate of drug-likeness (QED) is 0.688. The Labute approximate surface area is 82.8 Å². The number of fused-ring (bicyclic) bond motifs is 1. The van der Waals surface area contributed by atoms with E-state index in [1.165, 1.54) is 0 Å². The van der Waals surface area contributed by atoms with Gasteiger partial charge in [0.1, 0.15) is 11.4 Å². The number of rotatable bonds is 2. The minimum Gasteiger partial charge on any atom is -0.330 e. The fraction of sp³-hybridized carbons (Fsp3) is 0.400. The second-order valence-corrected chi connectivity index (χ2v) is 3.66. The lowest BCUT2D eigenvalue weighted by atomic mass is 9.96. The van der Waals surface area contributed by atoms with Gasteiger partial charge in [-0.2, -0.15) is 4.99 Å². The molecule has 1 unspecified atom stereocenters. The van der Waals surface area contributed by atoms with Crippen LogP contribution in [0.25, 0.3) is 0 Å². The summed E-state index contributed by atoms with van der Waals surface area (Å²) in [5.74, 6) is 0.614. The van der Waals surface area contributed by atoms with Gasteiger partial charge in [-0.1, -0.05) is 6.08 Å². The van der Waals surface area contributed by atoms with Crippen LogP contribution >= 0.6 is 0 Å². The minimum atomic E-state index is -0.578. The molecule has 1 amide bonds. The summed E-state index contributed by atoms with van der Waals surface area (Å²) in [6.07, 6.45) is 8.10. The molecule has 4 nitrogen and oxygen atoms in total. The number of allylic oxidation sites excluding steroid dienone is 2. The van der Waals surface area contributed by atoms with E-state index in [0.29, 0.717) is 18.8 Å². The van der Waals surface area contributed by atoms with Gasteiger partial charge in [0, 0.05) is 6.20 Å². The molecule has 0 saturated heterocycles. The van der Waals surface area contributed by atoms with E-state index >= 15 is 0 Å². The van der Waals surface area contributed by atoms with Crippen LogP contribution in [-0.4, -0.2) is 28.7 Å². The molecule has 0 radical (unpaired) electrons. The van der Waals surface area contributed by atoms with Crippen molar-refractivity contribution >= 4 is 11.7 Å². The lowest BCUT2D eigenvalue weighted by molar-refractivity contribution is -0.124. The van der Waals surface area contributed by atoms with Gasteiger partial charge in [0.15, 0.2) is 0 Å². The zero-order valence-corrected chi connectivity index (χ0v) is 8.10. The molecule has 2 aliphatic rings. The molecule has 0 bridgehead atoms. The van der Waals surface area contributed by atoms with Gasteiger partial charge in [-0.25, -0.2) is 0 Å². The first-order chi connectivity index (χ1) is 6.68. The maximum atomic E-state index is 11.7. The number of amides is 1. The highest BCUT2D eigenvalue weighted by molar-refractivity contribution is 6.11. The van der Waals surface area contributed by atoms with Gasteiger partial charge in [0.2, 0.25) is 0 Å². The van der Waals surface area contributed by atoms with Crippen LogP contribution in [0, 0.1) is 0 Å². The SMILES string of the molecule is CC1(CCN)C(=O)N=C2C=CC=CN21. The van der Waals surface area contributed by atoms with Gasteiger partial charge >= 0.3 is 0 Å². The number of nitrogens with zero attached hydrogens (tertiary/aromatic N) is 2. The molecule has 0 aliphatic carbocycles. The Morgan fingerprint density at radius 1 is 1.57 bits per heavy atom. The molecule has 2 heterocycles. The monoisotopic (exact) mass is 191 g/mol. The van der Waals surface area contributed by atoms with Crippen LogP contribution in [0.15, 0.2) is 29.4 Å². The van der Waals surface area contributed by atoms with Crippen molar-refractivity contribution in [2.45, 2.75) is 18.9 Å². The summed E-state index contributed by atoms with van der Waals surface area (Å²) in [7, 11) is 0. The Hall–Kier alpha value is -1.42. The number of carbonyl (C=O) groups is 1. The van der Waals surface area contributed by atoms with E-state index in [1.54, 1.807) is 0 Å². The summed E-state index contributed by atoms with van der Waals surface area (Å²) in [4.78, 5) is 17.6. The average Bonchev–Trinajstić information content (AvgIpc) is 2.41. The lowest BCUT2D eigenvalue weighted by Gasteiger charge is -2.32. The van der Waals surface area contributed by atoms with Crippen LogP contribution in [0.2, 0.25) is 0 Å². The summed E-state index contributed by atoms with van der Waals surface area (Å²) in [5, 5.41) is 0. The van der Waals surface area contributed by atoms with E-state index in [-0.39, 0.29) is 5.91 Å². The van der Waals surface area contributed by atoms with E-state index in [2.05, 4.69) is 4.99 Å². The van der Waals surface area contributed by atoms with Crippen molar-refractivity contribution in [1.29, 1.82) is 0 Å². The van der Waals surface area contributed by atoms with E-state index in [0.717, 1.165) is 0 Å². The topological polar surface area (TPSA) is 58.7 Å². The molecule has 0 fully saturated rings. The van der Waals surface area contributed by atoms with Crippen molar-refractivity contribution < 1.29 is 4.79 Å². The molecular formula is C10H13N3O. The van der Waals surface area contributed by atoms with Crippen molar-refractivity contribution in [3.05, 3.63) is 24.4 Å². The first-order valence-electron chi connectivity index (χ1n) is 4.66. The number of hydrogen-bond acceptors (Lipinski definition) is 3. The lowest BCUT2D eigenvalue weighted by Crippen LogP contribution is -2.47. The highest BCUT2D eigenvalue weighted by Crippen LogP contribution is 2.29. The van der Waals surface area contributed by atoms with Crippen molar-refractivity contribution in [1.82, 2.24) is 4.90 Å². The number of carbonyl (C=O) groups excluding carboxylic acids is 1. The largest absolute Gasteiger partial charge is 0.330 e. The standard InChI is InChI=1S/C10H13N3O/c1-10(5-6-11)9(14)12-8-4-2-3-7-13(8)10/h2-4,7H,5-6,11H2,1H3. The van der Waals surface area contributed by atoms with Gasteiger partial charge in [-0.3, -0.25) is 4.79 Å². The second-order valence-electron chi connectivity index (χ2n) is 3.66. The molecule has 0 saturated carbocycles. The molecular weight excluding hydrogens is 178 g/mol. The number of aliphatic imine (C=N–C) groups is 1. The van der Waals surface area contributed by atoms with Crippen LogP contribution in [0.3, 0.4) is 0 Å². The Balaban J connectivity index is 2.35. The number of nitrogens with two attached hydrogens (primary N) is 1. The van der Waals surface area contributed by atoms with Crippen LogP contribution < -0.4 is 5.73 Å². The Morgan fingerprint density at radius 2 is 2.36 bits per heavy atom. The van der Waals surface area contributed by atoms with Crippen LogP contribution in [0.1, 0.15) is 13.3 Å². The van der Waals surface area contributed by atoms with Gasteiger partial charge < -0.3 is 10.6 Å². The summed E-state index contributed by atoms with van der Waals surface area (Å²) in [6, 6.07) is 0. The van der Waals surface area contributed by atoms with Gasteiger partial charge in [-0.05, 0) is 32.0 Å². The Kier molecular flexibility index (Phi) is 2.00. The summed E-state index contributed by atoms with van der Waals surface area (Å²) < 4.78 is 0. The Morgan fingerprint density at radius 3 is 3.07 bits per heavy atom. The molecule has 1 atom stereocenters. The third-order valence-electron chi connectivity index (χ3n) is 2.68. The normalized spacial score (nSPS) is 29.4. The highest BCUT2D eigenvalue weighted by Gasteiger charge is 2.44. The first kappa shape index (κ1) is 9.15. The molecule has 0 aromatic heterocycles. The van der Waals surface area contributed by atoms with E-state index in [9.17, 15) is 4.79 Å². The van der Waals surface area contributed by atoms with Crippen molar-refractivity contribution in [2.24, 2.45) is 10.7 Å². The molecule has 0 spiro atoms. The molecule has 14 heavy (non-hydrogen) atoms.